The molecule has 0 aliphatic heterocycles. The van der Waals surface area contributed by atoms with Crippen LogP contribution in [0.4, 0.5) is 0 Å². The Balaban J connectivity index is 1.98. The number of fused-ring (bicyclic) bond motifs is 1. The Bertz CT molecular complexity index is 1050. The minimum atomic E-state index is -0.334. The number of aromatic nitrogens is 2. The van der Waals surface area contributed by atoms with Crippen LogP contribution in [0.15, 0.2) is 52.4 Å². The van der Waals surface area contributed by atoms with Gasteiger partial charge in [0.15, 0.2) is 5.16 Å². The van der Waals surface area contributed by atoms with E-state index in [0.29, 0.717) is 34.0 Å². The molecule has 0 bridgehead atoms. The molecule has 0 saturated heterocycles. The van der Waals surface area contributed by atoms with E-state index in [4.69, 9.17) is 11.6 Å². The van der Waals surface area contributed by atoms with E-state index in [9.17, 15) is 10.1 Å². The molecule has 3 aromatic rings. The molecule has 3 rings (SSSR count). The van der Waals surface area contributed by atoms with E-state index < -0.39 is 0 Å². The Morgan fingerprint density at radius 3 is 2.67 bits per heavy atom. The lowest BCUT2D eigenvalue weighted by Gasteiger charge is -2.15. The van der Waals surface area contributed by atoms with Gasteiger partial charge in [-0.05, 0) is 43.5 Å². The standard InChI is InChI=1S/C21H20ClN3OS/c1-3-10-25-20(26)18-9-8-16(22)12-19(18)24-21(25)27-17(13-23)11-15-6-4-14(2)5-7-15/h4-9,12,17H,3,10-11H2,1-2H3. The smallest absolute Gasteiger partial charge is 0.262 e. The van der Waals surface area contributed by atoms with Crippen molar-refractivity contribution in [2.75, 3.05) is 0 Å². The maximum Gasteiger partial charge on any atom is 0.262 e. The lowest BCUT2D eigenvalue weighted by atomic mass is 10.1. The lowest BCUT2D eigenvalue weighted by Crippen LogP contribution is -2.24. The van der Waals surface area contributed by atoms with Crippen LogP contribution >= 0.6 is 23.4 Å². The predicted octanol–water partition coefficient (Wildman–Crippen LogP) is 5.00. The zero-order valence-corrected chi connectivity index (χ0v) is 16.8. The molecule has 2 aromatic carbocycles. The summed E-state index contributed by atoms with van der Waals surface area (Å²) in [6, 6.07) is 15.6. The van der Waals surface area contributed by atoms with Crippen LogP contribution in [0.5, 0.6) is 0 Å². The number of thioether (sulfide) groups is 1. The molecule has 6 heteroatoms. The minimum Gasteiger partial charge on any atom is -0.287 e. The molecule has 4 nitrogen and oxygen atoms in total. The summed E-state index contributed by atoms with van der Waals surface area (Å²) in [7, 11) is 0. The number of hydrogen-bond donors (Lipinski definition) is 0. The second-order valence-electron chi connectivity index (χ2n) is 6.44. The summed E-state index contributed by atoms with van der Waals surface area (Å²) >= 11 is 7.41. The van der Waals surface area contributed by atoms with Crippen molar-refractivity contribution in [2.24, 2.45) is 0 Å². The van der Waals surface area contributed by atoms with Crippen LogP contribution in [0.1, 0.15) is 24.5 Å². The number of aryl methyl sites for hydroxylation is 1. The lowest BCUT2D eigenvalue weighted by molar-refractivity contribution is 0.584. The van der Waals surface area contributed by atoms with Gasteiger partial charge in [-0.3, -0.25) is 9.36 Å². The molecule has 0 spiro atoms. The van der Waals surface area contributed by atoms with E-state index in [1.165, 1.54) is 17.3 Å². The van der Waals surface area contributed by atoms with Gasteiger partial charge in [-0.1, -0.05) is 60.1 Å². The predicted molar refractivity (Wildman–Crippen MR) is 111 cm³/mol. The highest BCUT2D eigenvalue weighted by Crippen LogP contribution is 2.26. The third-order valence-electron chi connectivity index (χ3n) is 4.26. The first-order valence-corrected chi connectivity index (χ1v) is 10.1. The normalized spacial score (nSPS) is 12.1. The minimum absolute atomic E-state index is 0.0898. The number of halogens is 1. The van der Waals surface area contributed by atoms with Gasteiger partial charge in [0.05, 0.1) is 17.0 Å². The topological polar surface area (TPSA) is 58.7 Å². The second-order valence-corrected chi connectivity index (χ2v) is 8.04. The van der Waals surface area contributed by atoms with Gasteiger partial charge in [-0.2, -0.15) is 5.26 Å². The summed E-state index contributed by atoms with van der Waals surface area (Å²) in [4.78, 5) is 17.5. The zero-order valence-electron chi connectivity index (χ0n) is 15.3. The van der Waals surface area contributed by atoms with Crippen LogP contribution in [-0.2, 0) is 13.0 Å². The van der Waals surface area contributed by atoms with Gasteiger partial charge in [-0.15, -0.1) is 0 Å². The van der Waals surface area contributed by atoms with Crippen molar-refractivity contribution < 1.29 is 0 Å². The van der Waals surface area contributed by atoms with Gasteiger partial charge in [0.25, 0.3) is 5.56 Å². The Hall–Kier alpha value is -2.29. The first kappa shape index (κ1) is 19.5. The van der Waals surface area contributed by atoms with Gasteiger partial charge in [-0.25, -0.2) is 4.98 Å². The van der Waals surface area contributed by atoms with Crippen molar-refractivity contribution in [3.05, 3.63) is 69.0 Å². The molecule has 1 heterocycles. The van der Waals surface area contributed by atoms with E-state index in [0.717, 1.165) is 12.0 Å². The second kappa shape index (κ2) is 8.60. The molecular weight excluding hydrogens is 378 g/mol. The molecule has 0 radical (unpaired) electrons. The monoisotopic (exact) mass is 397 g/mol. The summed E-state index contributed by atoms with van der Waals surface area (Å²) < 4.78 is 1.67. The highest BCUT2D eigenvalue weighted by Gasteiger charge is 2.17. The molecule has 0 saturated carbocycles. The largest absolute Gasteiger partial charge is 0.287 e. The summed E-state index contributed by atoms with van der Waals surface area (Å²) in [5.74, 6) is 0. The molecule has 0 aliphatic carbocycles. The average Bonchev–Trinajstić information content (AvgIpc) is 2.65. The van der Waals surface area contributed by atoms with E-state index >= 15 is 0 Å². The van der Waals surface area contributed by atoms with Crippen LogP contribution in [0.3, 0.4) is 0 Å². The fraction of sp³-hybridized carbons (Fsp3) is 0.286. The summed E-state index contributed by atoms with van der Waals surface area (Å²) in [6.45, 7) is 4.62. The summed E-state index contributed by atoms with van der Waals surface area (Å²) in [5, 5.41) is 11.0. The first-order valence-electron chi connectivity index (χ1n) is 8.83. The molecule has 0 N–H and O–H groups in total. The van der Waals surface area contributed by atoms with E-state index in [-0.39, 0.29) is 10.8 Å². The van der Waals surface area contributed by atoms with Gasteiger partial charge in [0.2, 0.25) is 0 Å². The summed E-state index contributed by atoms with van der Waals surface area (Å²) in [6.07, 6.45) is 1.40. The Labute approximate surface area is 167 Å². The van der Waals surface area contributed by atoms with Gasteiger partial charge >= 0.3 is 0 Å². The zero-order chi connectivity index (χ0) is 19.4. The number of rotatable bonds is 6. The molecule has 1 unspecified atom stereocenters. The van der Waals surface area contributed by atoms with Crippen LogP contribution in [0, 0.1) is 18.3 Å². The van der Waals surface area contributed by atoms with Crippen molar-refractivity contribution >= 4 is 34.3 Å². The third kappa shape index (κ3) is 4.52. The fourth-order valence-corrected chi connectivity index (χ4v) is 4.07. The van der Waals surface area contributed by atoms with E-state index in [1.54, 1.807) is 22.8 Å². The molecule has 0 amide bonds. The van der Waals surface area contributed by atoms with Crippen LogP contribution in [0.25, 0.3) is 10.9 Å². The highest BCUT2D eigenvalue weighted by molar-refractivity contribution is 8.00. The SMILES string of the molecule is CCCn1c(SC(C#N)Cc2ccc(C)cc2)nc2cc(Cl)ccc2c1=O. The molecule has 27 heavy (non-hydrogen) atoms. The Morgan fingerprint density at radius 2 is 2.00 bits per heavy atom. The average molecular weight is 398 g/mol. The van der Waals surface area contributed by atoms with Crippen LogP contribution < -0.4 is 5.56 Å². The van der Waals surface area contributed by atoms with Crippen molar-refractivity contribution in [3.63, 3.8) is 0 Å². The molecular formula is C21H20ClN3OS. The van der Waals surface area contributed by atoms with Gasteiger partial charge in [0, 0.05) is 11.6 Å². The molecule has 1 atom stereocenters. The van der Waals surface area contributed by atoms with E-state index in [1.807, 2.05) is 38.1 Å². The van der Waals surface area contributed by atoms with Crippen molar-refractivity contribution in [3.8, 4) is 6.07 Å². The maximum atomic E-state index is 12.9. The first-order chi connectivity index (χ1) is 13.0. The fourth-order valence-electron chi connectivity index (χ4n) is 2.86. The number of nitrogens with zero attached hydrogens (tertiary/aromatic N) is 3. The molecule has 0 aliphatic rings. The van der Waals surface area contributed by atoms with Crippen molar-refractivity contribution in [2.45, 2.75) is 43.6 Å². The number of benzene rings is 2. The number of nitriles is 1. The molecule has 1 aromatic heterocycles. The molecule has 138 valence electrons. The van der Waals surface area contributed by atoms with Crippen LogP contribution in [-0.4, -0.2) is 14.8 Å². The van der Waals surface area contributed by atoms with Gasteiger partial charge in [0.1, 0.15) is 5.25 Å². The van der Waals surface area contributed by atoms with Crippen LogP contribution in [0.2, 0.25) is 5.02 Å². The van der Waals surface area contributed by atoms with E-state index in [2.05, 4.69) is 11.1 Å². The summed E-state index contributed by atoms with van der Waals surface area (Å²) in [5.41, 5.74) is 2.75. The molecule has 0 fully saturated rings. The van der Waals surface area contributed by atoms with Gasteiger partial charge < -0.3 is 0 Å². The number of hydrogen-bond acceptors (Lipinski definition) is 4. The third-order valence-corrected chi connectivity index (χ3v) is 5.58. The Morgan fingerprint density at radius 1 is 1.26 bits per heavy atom. The maximum absolute atomic E-state index is 12.9. The quantitative estimate of drug-likeness (QED) is 0.434. The Kier molecular flexibility index (Phi) is 6.20. The highest BCUT2D eigenvalue weighted by atomic mass is 35.5. The van der Waals surface area contributed by atoms with Crippen molar-refractivity contribution in [1.29, 1.82) is 5.26 Å². The van der Waals surface area contributed by atoms with Crippen molar-refractivity contribution in [1.82, 2.24) is 9.55 Å².